The van der Waals surface area contributed by atoms with Gasteiger partial charge in [0, 0.05) is 0 Å². The molecule has 0 radical (unpaired) electrons. The van der Waals surface area contributed by atoms with Gasteiger partial charge in [-0.1, -0.05) is 12.1 Å². The fourth-order valence-electron chi connectivity index (χ4n) is 2.45. The molecule has 0 aliphatic rings. The summed E-state index contributed by atoms with van der Waals surface area (Å²) < 4.78 is 12.5. The Kier molecular flexibility index (Phi) is 5.98. The molecular weight excluding hydrogens is 346 g/mol. The second-order valence-corrected chi connectivity index (χ2v) is 5.82. The molecular formula is C19H21N5O3. The molecule has 8 nitrogen and oxygen atoms in total. The number of ether oxygens (including phenoxy) is 2. The lowest BCUT2D eigenvalue weighted by Crippen LogP contribution is -2.29. The van der Waals surface area contributed by atoms with E-state index in [1.54, 1.807) is 4.68 Å². The van der Waals surface area contributed by atoms with Crippen LogP contribution in [-0.4, -0.2) is 39.3 Å². The summed E-state index contributed by atoms with van der Waals surface area (Å²) in [7, 11) is 0. The molecule has 1 N–H and O–H groups in total. The summed E-state index contributed by atoms with van der Waals surface area (Å²) >= 11 is 0. The van der Waals surface area contributed by atoms with E-state index in [-0.39, 0.29) is 19.1 Å². The highest BCUT2D eigenvalue weighted by Gasteiger charge is 2.10. The van der Waals surface area contributed by atoms with Crippen LogP contribution in [0.15, 0.2) is 48.5 Å². The molecule has 1 aromatic heterocycles. The normalized spacial score (nSPS) is 10.4. The molecule has 0 unspecified atom stereocenters. The predicted molar refractivity (Wildman–Crippen MR) is 98.8 cm³/mol. The van der Waals surface area contributed by atoms with Crippen molar-refractivity contribution < 1.29 is 14.3 Å². The zero-order chi connectivity index (χ0) is 19.1. The van der Waals surface area contributed by atoms with Crippen molar-refractivity contribution in [3.63, 3.8) is 0 Å². The maximum atomic E-state index is 12.0. The van der Waals surface area contributed by atoms with Crippen LogP contribution < -0.4 is 14.8 Å². The van der Waals surface area contributed by atoms with Gasteiger partial charge >= 0.3 is 0 Å². The van der Waals surface area contributed by atoms with Gasteiger partial charge in [0.25, 0.3) is 5.91 Å². The molecule has 0 saturated carbocycles. The predicted octanol–water partition coefficient (Wildman–Crippen LogP) is 2.06. The fourth-order valence-corrected chi connectivity index (χ4v) is 2.45. The lowest BCUT2D eigenvalue weighted by Gasteiger charge is -2.09. The molecule has 0 saturated heterocycles. The molecule has 27 heavy (non-hydrogen) atoms. The summed E-state index contributed by atoms with van der Waals surface area (Å²) in [4.78, 5) is 12.0. The lowest BCUT2D eigenvalue weighted by molar-refractivity contribution is -0.123. The van der Waals surface area contributed by atoms with Crippen LogP contribution in [0.5, 0.6) is 11.5 Å². The third-order valence-electron chi connectivity index (χ3n) is 3.73. The van der Waals surface area contributed by atoms with Crippen molar-refractivity contribution in [1.29, 1.82) is 0 Å². The van der Waals surface area contributed by atoms with Gasteiger partial charge in [-0.15, -0.1) is 5.10 Å². The molecule has 0 atom stereocenters. The Morgan fingerprint density at radius 1 is 1.11 bits per heavy atom. The summed E-state index contributed by atoms with van der Waals surface area (Å²) in [5.41, 5.74) is 1.85. The standard InChI is InChI=1S/C19H21N5O3/c1-3-26-16-9-7-15(8-10-16)24-18(21-22-23-24)12-20-19(25)13-27-17-6-4-5-14(2)11-17/h4-11H,3,12-13H2,1-2H3,(H,20,25). The average Bonchev–Trinajstić information content (AvgIpc) is 3.14. The smallest absolute Gasteiger partial charge is 0.258 e. The summed E-state index contributed by atoms with van der Waals surface area (Å²) in [6.07, 6.45) is 0. The largest absolute Gasteiger partial charge is 0.494 e. The molecule has 1 heterocycles. The van der Waals surface area contributed by atoms with E-state index in [1.807, 2.05) is 62.4 Å². The first-order chi connectivity index (χ1) is 13.2. The Bertz CT molecular complexity index is 892. The first kappa shape index (κ1) is 18.4. The molecule has 8 heteroatoms. The van der Waals surface area contributed by atoms with Gasteiger partial charge in [0.1, 0.15) is 11.5 Å². The highest BCUT2D eigenvalue weighted by molar-refractivity contribution is 5.77. The lowest BCUT2D eigenvalue weighted by atomic mass is 10.2. The number of aromatic nitrogens is 4. The van der Waals surface area contributed by atoms with Gasteiger partial charge < -0.3 is 14.8 Å². The molecule has 0 fully saturated rings. The second kappa shape index (κ2) is 8.79. The van der Waals surface area contributed by atoms with Crippen LogP contribution in [0, 0.1) is 6.92 Å². The van der Waals surface area contributed by atoms with Crippen LogP contribution >= 0.6 is 0 Å². The number of tetrazole rings is 1. The van der Waals surface area contributed by atoms with Crippen molar-refractivity contribution in [3.8, 4) is 17.2 Å². The Labute approximate surface area is 157 Å². The molecule has 3 rings (SSSR count). The number of nitrogens with one attached hydrogen (secondary N) is 1. The Morgan fingerprint density at radius 3 is 2.67 bits per heavy atom. The van der Waals surface area contributed by atoms with Gasteiger partial charge in [0.2, 0.25) is 0 Å². The van der Waals surface area contributed by atoms with Crippen molar-refractivity contribution in [3.05, 3.63) is 59.9 Å². The van der Waals surface area contributed by atoms with Crippen molar-refractivity contribution >= 4 is 5.91 Å². The number of carbonyl (C=O) groups is 1. The minimum atomic E-state index is -0.252. The third kappa shape index (κ3) is 5.04. The molecule has 1 amide bonds. The number of rotatable bonds is 8. The van der Waals surface area contributed by atoms with Crippen LogP contribution in [0.1, 0.15) is 18.3 Å². The first-order valence-electron chi connectivity index (χ1n) is 8.62. The van der Waals surface area contributed by atoms with E-state index in [2.05, 4.69) is 20.8 Å². The highest BCUT2D eigenvalue weighted by atomic mass is 16.5. The maximum absolute atomic E-state index is 12.0. The van der Waals surface area contributed by atoms with E-state index in [1.165, 1.54) is 0 Å². The van der Waals surface area contributed by atoms with Gasteiger partial charge in [-0.25, -0.2) is 0 Å². The molecule has 0 aliphatic heterocycles. The maximum Gasteiger partial charge on any atom is 0.258 e. The minimum Gasteiger partial charge on any atom is -0.494 e. The Hall–Kier alpha value is -3.42. The summed E-state index contributed by atoms with van der Waals surface area (Å²) in [6, 6.07) is 14.9. The first-order valence-corrected chi connectivity index (χ1v) is 8.62. The second-order valence-electron chi connectivity index (χ2n) is 5.82. The number of carbonyl (C=O) groups excluding carboxylic acids is 1. The van der Waals surface area contributed by atoms with Gasteiger partial charge in [0.15, 0.2) is 12.4 Å². The van der Waals surface area contributed by atoms with E-state index in [0.717, 1.165) is 17.0 Å². The van der Waals surface area contributed by atoms with Crippen molar-refractivity contribution in [2.75, 3.05) is 13.2 Å². The number of hydrogen-bond donors (Lipinski definition) is 1. The zero-order valence-electron chi connectivity index (χ0n) is 15.3. The summed E-state index contributed by atoms with van der Waals surface area (Å²) in [5, 5.41) is 14.4. The van der Waals surface area contributed by atoms with Crippen LogP contribution in [-0.2, 0) is 11.3 Å². The Balaban J connectivity index is 1.55. The molecule has 2 aromatic carbocycles. The molecule has 0 bridgehead atoms. The number of amides is 1. The van der Waals surface area contributed by atoms with Gasteiger partial charge in [-0.2, -0.15) is 4.68 Å². The average molecular weight is 367 g/mol. The summed E-state index contributed by atoms with van der Waals surface area (Å²) in [6.45, 7) is 4.61. The third-order valence-corrected chi connectivity index (χ3v) is 3.73. The molecule has 0 aliphatic carbocycles. The fraction of sp³-hybridized carbons (Fsp3) is 0.263. The number of hydrogen-bond acceptors (Lipinski definition) is 6. The van der Waals surface area contributed by atoms with E-state index in [9.17, 15) is 4.79 Å². The van der Waals surface area contributed by atoms with E-state index in [0.29, 0.717) is 18.2 Å². The van der Waals surface area contributed by atoms with Gasteiger partial charge in [-0.3, -0.25) is 4.79 Å². The van der Waals surface area contributed by atoms with Crippen molar-refractivity contribution in [1.82, 2.24) is 25.5 Å². The van der Waals surface area contributed by atoms with E-state index in [4.69, 9.17) is 9.47 Å². The Morgan fingerprint density at radius 2 is 1.93 bits per heavy atom. The van der Waals surface area contributed by atoms with Crippen LogP contribution in [0.3, 0.4) is 0 Å². The molecule has 0 spiro atoms. The minimum absolute atomic E-state index is 0.0753. The van der Waals surface area contributed by atoms with E-state index < -0.39 is 0 Å². The molecule has 140 valence electrons. The van der Waals surface area contributed by atoms with Crippen molar-refractivity contribution in [2.24, 2.45) is 0 Å². The quantitative estimate of drug-likeness (QED) is 0.655. The highest BCUT2D eigenvalue weighted by Crippen LogP contribution is 2.15. The van der Waals surface area contributed by atoms with E-state index >= 15 is 0 Å². The monoisotopic (exact) mass is 367 g/mol. The summed E-state index contributed by atoms with van der Waals surface area (Å²) in [5.74, 6) is 1.70. The van der Waals surface area contributed by atoms with Gasteiger partial charge in [0.05, 0.1) is 18.8 Å². The van der Waals surface area contributed by atoms with Gasteiger partial charge in [-0.05, 0) is 66.2 Å². The number of nitrogens with zero attached hydrogens (tertiary/aromatic N) is 4. The SMILES string of the molecule is CCOc1ccc(-n2nnnc2CNC(=O)COc2cccc(C)c2)cc1. The number of aryl methyl sites for hydroxylation is 1. The topological polar surface area (TPSA) is 91.2 Å². The van der Waals surface area contributed by atoms with Crippen LogP contribution in [0.2, 0.25) is 0 Å². The zero-order valence-corrected chi connectivity index (χ0v) is 15.3. The number of benzene rings is 2. The van der Waals surface area contributed by atoms with Crippen LogP contribution in [0.4, 0.5) is 0 Å². The van der Waals surface area contributed by atoms with Crippen LogP contribution in [0.25, 0.3) is 5.69 Å². The molecule has 3 aromatic rings. The van der Waals surface area contributed by atoms with Crippen molar-refractivity contribution in [2.45, 2.75) is 20.4 Å².